The first-order chi connectivity index (χ1) is 11.6. The Labute approximate surface area is 144 Å². The molecule has 0 aliphatic carbocycles. The first-order valence-corrected chi connectivity index (χ1v) is 7.60. The van der Waals surface area contributed by atoms with Crippen LogP contribution in [0.25, 0.3) is 0 Å². The third kappa shape index (κ3) is 9.13. The summed E-state index contributed by atoms with van der Waals surface area (Å²) in [4.78, 5) is 32.9. The second kappa shape index (κ2) is 13.3. The molecule has 1 aromatic carbocycles. The Kier molecular flexibility index (Phi) is 12.2. The number of aliphatic carboxylic acids is 1. The van der Waals surface area contributed by atoms with Crippen molar-refractivity contribution in [3.05, 3.63) is 29.8 Å². The van der Waals surface area contributed by atoms with Crippen LogP contribution in [0.2, 0.25) is 0 Å². The molecular formula is C15H21NO7S. The van der Waals surface area contributed by atoms with Gasteiger partial charge in [0.1, 0.15) is 18.1 Å². The third-order valence-corrected chi connectivity index (χ3v) is 3.08. The van der Waals surface area contributed by atoms with Crippen molar-refractivity contribution in [3.63, 3.8) is 0 Å². The van der Waals surface area contributed by atoms with E-state index >= 15 is 0 Å². The van der Waals surface area contributed by atoms with Gasteiger partial charge < -0.3 is 24.5 Å². The fourth-order valence-corrected chi connectivity index (χ4v) is 1.90. The molecule has 0 heterocycles. The molecule has 1 atom stereocenters. The van der Waals surface area contributed by atoms with Crippen molar-refractivity contribution >= 4 is 30.5 Å². The van der Waals surface area contributed by atoms with Crippen LogP contribution in [-0.4, -0.2) is 48.6 Å². The van der Waals surface area contributed by atoms with Gasteiger partial charge in [-0.2, -0.15) is 0 Å². The highest BCUT2D eigenvalue weighted by Gasteiger charge is 2.20. The smallest absolute Gasteiger partial charge is 0.326 e. The maximum atomic E-state index is 11.5. The summed E-state index contributed by atoms with van der Waals surface area (Å²) in [6.07, 6.45) is 0.807. The van der Waals surface area contributed by atoms with Gasteiger partial charge in [0, 0.05) is 26.4 Å². The number of aliphatic hydroxyl groups excluding tert-OH is 1. The highest BCUT2D eigenvalue weighted by Crippen LogP contribution is 2.18. The van der Waals surface area contributed by atoms with Gasteiger partial charge in [-0.15, -0.1) is 0 Å². The van der Waals surface area contributed by atoms with Crippen LogP contribution < -0.4 is 9.50 Å². The van der Waals surface area contributed by atoms with Crippen molar-refractivity contribution in [1.82, 2.24) is 5.32 Å². The van der Waals surface area contributed by atoms with Crippen molar-refractivity contribution in [2.45, 2.75) is 25.3 Å². The zero-order chi connectivity index (χ0) is 18.4. The molecule has 24 heavy (non-hydrogen) atoms. The maximum Gasteiger partial charge on any atom is 0.326 e. The highest BCUT2D eigenvalue weighted by molar-refractivity contribution is 7.90. The molecule has 0 bridgehead atoms. The minimum absolute atomic E-state index is 0.0195. The molecular weight excluding hydrogens is 338 g/mol. The second-order valence-electron chi connectivity index (χ2n) is 4.33. The predicted octanol–water partition coefficient (Wildman–Crippen LogP) is 0.974. The summed E-state index contributed by atoms with van der Waals surface area (Å²) in [5.74, 6) is -1.02. The standard InChI is InChI=1S/C14H17NO6S.CH4O/c1-20-22-21-11-6-4-10(5-7-11)9-12(14(18)19)15-13(17)3-2-8-16;1-2/h4-8,12H,2-3,9H2,1H3,(H,15,17)(H,18,19);2H,1H3. The Bertz CT molecular complexity index is 507. The van der Waals surface area contributed by atoms with E-state index in [4.69, 9.17) is 18.6 Å². The summed E-state index contributed by atoms with van der Waals surface area (Å²) in [6, 6.07) is 5.72. The van der Waals surface area contributed by atoms with Gasteiger partial charge in [0.2, 0.25) is 18.2 Å². The van der Waals surface area contributed by atoms with Crippen LogP contribution in [0.5, 0.6) is 5.75 Å². The van der Waals surface area contributed by atoms with E-state index in [9.17, 15) is 14.4 Å². The summed E-state index contributed by atoms with van der Waals surface area (Å²) in [6.45, 7) is 0. The minimum Gasteiger partial charge on any atom is -0.480 e. The second-order valence-corrected chi connectivity index (χ2v) is 4.97. The Morgan fingerprint density at radius 2 is 1.92 bits per heavy atom. The fraction of sp³-hybridized carbons (Fsp3) is 0.400. The predicted molar refractivity (Wildman–Crippen MR) is 88.4 cm³/mol. The summed E-state index contributed by atoms with van der Waals surface area (Å²) in [5, 5.41) is 18.5. The van der Waals surface area contributed by atoms with E-state index in [0.29, 0.717) is 12.0 Å². The Balaban J connectivity index is 0.00000254. The molecule has 1 rings (SSSR count). The molecule has 0 spiro atoms. The molecule has 0 aromatic heterocycles. The largest absolute Gasteiger partial charge is 0.480 e. The van der Waals surface area contributed by atoms with E-state index in [2.05, 4.69) is 5.32 Å². The van der Waals surface area contributed by atoms with E-state index in [1.54, 1.807) is 24.3 Å². The zero-order valence-electron chi connectivity index (χ0n) is 13.4. The number of aliphatic hydroxyl groups is 1. The van der Waals surface area contributed by atoms with Crippen LogP contribution in [0.15, 0.2) is 24.3 Å². The monoisotopic (exact) mass is 359 g/mol. The van der Waals surface area contributed by atoms with Gasteiger partial charge >= 0.3 is 5.97 Å². The van der Waals surface area contributed by atoms with Gasteiger partial charge in [-0.3, -0.25) is 8.98 Å². The summed E-state index contributed by atoms with van der Waals surface area (Å²) >= 11 is 0.822. The lowest BCUT2D eigenvalue weighted by Gasteiger charge is -2.14. The van der Waals surface area contributed by atoms with Crippen LogP contribution in [0.1, 0.15) is 18.4 Å². The molecule has 0 saturated heterocycles. The quantitative estimate of drug-likeness (QED) is 0.417. The van der Waals surface area contributed by atoms with E-state index in [0.717, 1.165) is 25.0 Å². The van der Waals surface area contributed by atoms with Crippen molar-refractivity contribution in [2.75, 3.05) is 14.2 Å². The van der Waals surface area contributed by atoms with Crippen molar-refractivity contribution < 1.29 is 33.0 Å². The fourth-order valence-electron chi connectivity index (χ4n) is 1.65. The van der Waals surface area contributed by atoms with Crippen LogP contribution in [0, 0.1) is 0 Å². The topological polar surface area (TPSA) is 122 Å². The molecule has 1 amide bonds. The van der Waals surface area contributed by atoms with E-state index in [1.807, 2.05) is 0 Å². The SMILES string of the molecule is CO.COSOc1ccc(CC(NC(=O)CCC=O)C(=O)O)cc1. The Morgan fingerprint density at radius 3 is 2.42 bits per heavy atom. The summed E-state index contributed by atoms with van der Waals surface area (Å²) in [5.41, 5.74) is 0.734. The minimum atomic E-state index is -1.13. The Morgan fingerprint density at radius 1 is 1.29 bits per heavy atom. The number of carbonyl (C=O) groups is 3. The van der Waals surface area contributed by atoms with Crippen LogP contribution in [0.3, 0.4) is 0 Å². The van der Waals surface area contributed by atoms with Gasteiger partial charge in [-0.1, -0.05) is 12.1 Å². The number of hydrogen-bond acceptors (Lipinski definition) is 7. The molecule has 134 valence electrons. The lowest BCUT2D eigenvalue weighted by atomic mass is 10.1. The number of carbonyl (C=O) groups excluding carboxylic acids is 2. The van der Waals surface area contributed by atoms with Gasteiger partial charge in [-0.05, 0) is 17.7 Å². The van der Waals surface area contributed by atoms with Crippen molar-refractivity contribution in [2.24, 2.45) is 0 Å². The van der Waals surface area contributed by atoms with E-state index in [1.165, 1.54) is 7.11 Å². The van der Waals surface area contributed by atoms with Gasteiger partial charge in [0.15, 0.2) is 0 Å². The average molecular weight is 359 g/mol. The number of amides is 1. The average Bonchev–Trinajstić information content (AvgIpc) is 2.60. The molecule has 9 heteroatoms. The molecule has 1 unspecified atom stereocenters. The van der Waals surface area contributed by atoms with Crippen LogP contribution >= 0.6 is 12.3 Å². The zero-order valence-corrected chi connectivity index (χ0v) is 14.2. The molecule has 0 radical (unpaired) electrons. The first-order valence-electron chi connectivity index (χ1n) is 6.93. The van der Waals surface area contributed by atoms with Crippen LogP contribution in [0.4, 0.5) is 0 Å². The normalized spacial score (nSPS) is 10.8. The van der Waals surface area contributed by atoms with Crippen LogP contribution in [-0.2, 0) is 25.0 Å². The van der Waals surface area contributed by atoms with Crippen molar-refractivity contribution in [1.29, 1.82) is 0 Å². The molecule has 3 N–H and O–H groups in total. The lowest BCUT2D eigenvalue weighted by molar-refractivity contribution is -0.141. The third-order valence-electron chi connectivity index (χ3n) is 2.68. The molecule has 0 aliphatic rings. The molecule has 1 aromatic rings. The number of carboxylic acid groups (broad SMARTS) is 1. The molecule has 0 saturated carbocycles. The number of aldehydes is 1. The number of hydrogen-bond donors (Lipinski definition) is 3. The van der Waals surface area contributed by atoms with Gasteiger partial charge in [0.25, 0.3) is 0 Å². The van der Waals surface area contributed by atoms with Gasteiger partial charge in [-0.25, -0.2) is 4.79 Å². The summed E-state index contributed by atoms with van der Waals surface area (Å²) in [7, 11) is 2.48. The first kappa shape index (κ1) is 21.9. The summed E-state index contributed by atoms with van der Waals surface area (Å²) < 4.78 is 9.84. The number of rotatable bonds is 10. The highest BCUT2D eigenvalue weighted by atomic mass is 32.2. The maximum absolute atomic E-state index is 11.5. The molecule has 0 fully saturated rings. The van der Waals surface area contributed by atoms with Gasteiger partial charge in [0.05, 0.1) is 7.11 Å². The van der Waals surface area contributed by atoms with Crippen molar-refractivity contribution in [3.8, 4) is 5.75 Å². The van der Waals surface area contributed by atoms with E-state index < -0.39 is 17.9 Å². The van der Waals surface area contributed by atoms with E-state index in [-0.39, 0.29) is 19.3 Å². The number of benzene rings is 1. The molecule has 0 aliphatic heterocycles. The number of carboxylic acids is 1. The number of nitrogens with one attached hydrogen (secondary N) is 1. The Hall–Kier alpha value is -2.10. The lowest BCUT2D eigenvalue weighted by Crippen LogP contribution is -2.42. The molecule has 8 nitrogen and oxygen atoms in total.